The van der Waals surface area contributed by atoms with Gasteiger partial charge in [-0.3, -0.25) is 0 Å². The van der Waals surface area contributed by atoms with Crippen LogP contribution in [0, 0.1) is 0 Å². The van der Waals surface area contributed by atoms with Gasteiger partial charge in [-0.1, -0.05) is 110 Å². The molecule has 0 heteroatoms. The van der Waals surface area contributed by atoms with E-state index < -0.39 is 0 Å². The van der Waals surface area contributed by atoms with Crippen molar-refractivity contribution >= 4 is 0 Å². The molecule has 0 nitrogen and oxygen atoms in total. The summed E-state index contributed by atoms with van der Waals surface area (Å²) in [6, 6.07) is 0. The molecule has 0 radical (unpaired) electrons. The average molecular weight is 239 g/mol. The van der Waals surface area contributed by atoms with Gasteiger partial charge in [0.1, 0.15) is 0 Å². The Bertz CT molecular complexity index is 8.00. The van der Waals surface area contributed by atoms with Crippen molar-refractivity contribution in [2.24, 2.45) is 0 Å². The van der Waals surface area contributed by atoms with Gasteiger partial charge in [0.05, 0.1) is 0 Å². The molecule has 1 saturated carbocycles. The second-order valence-corrected chi connectivity index (χ2v) is 1.41. The van der Waals surface area contributed by atoms with E-state index in [-0.39, 0.29) is 14.9 Å². The molecule has 0 aromatic heterocycles. The summed E-state index contributed by atoms with van der Waals surface area (Å²) in [5, 5.41) is 0. The molecule has 0 aromatic rings. The lowest BCUT2D eigenvalue weighted by molar-refractivity contribution is 0.504. The van der Waals surface area contributed by atoms with E-state index in [9.17, 15) is 0 Å². The molecule has 0 aliphatic heterocycles. The zero-order valence-electron chi connectivity index (χ0n) is 12.8. The van der Waals surface area contributed by atoms with Crippen LogP contribution in [0.1, 0.15) is 110 Å². The molecule has 1 rings (SSSR count). The molecular formula is C16H46. The zero-order valence-corrected chi connectivity index (χ0v) is 12.8. The molecule has 1 aliphatic rings. The van der Waals surface area contributed by atoms with Crippen LogP contribution in [0.5, 0.6) is 0 Å². The quantitative estimate of drug-likeness (QED) is 0.401. The fourth-order valence-electron chi connectivity index (χ4n) is 0.250. The van der Waals surface area contributed by atoms with E-state index in [0.717, 1.165) is 0 Å². The van der Waals surface area contributed by atoms with Gasteiger partial charge in [-0.15, -0.1) is 0 Å². The highest BCUT2D eigenvalue weighted by atomic mass is 14.0. The van der Waals surface area contributed by atoms with Crippen LogP contribution in [0.3, 0.4) is 0 Å². The number of hydrogen-bond acceptors (Lipinski definition) is 0. The summed E-state index contributed by atoms with van der Waals surface area (Å²) < 4.78 is 0. The molecule has 110 valence electrons. The van der Waals surface area contributed by atoms with E-state index in [0.29, 0.717) is 0 Å². The van der Waals surface area contributed by atoms with Crippen molar-refractivity contribution in [2.75, 3.05) is 0 Å². The highest BCUT2D eigenvalue weighted by Crippen LogP contribution is 2.15. The highest BCUT2D eigenvalue weighted by Gasteiger charge is 1.95. The monoisotopic (exact) mass is 238 g/mol. The Morgan fingerprint density at radius 2 is 0.375 bits per heavy atom. The van der Waals surface area contributed by atoms with Crippen molar-refractivity contribution in [2.45, 2.75) is 110 Å². The average Bonchev–Trinajstić information content (AvgIpc) is 2.29. The number of rotatable bonds is 0. The summed E-state index contributed by atoms with van der Waals surface area (Å²) in [5.41, 5.74) is 0. The minimum Gasteiger partial charge on any atom is -0.0776 e. The van der Waals surface area contributed by atoms with E-state index >= 15 is 0 Å². The Labute approximate surface area is 110 Å². The Morgan fingerprint density at radius 1 is 0.312 bits per heavy atom. The van der Waals surface area contributed by atoms with E-state index in [4.69, 9.17) is 0 Å². The SMILES string of the molecule is C.C.C1CCC1.CC.CC.CC.CC.CC. The first-order valence-corrected chi connectivity index (χ1v) is 7.00. The van der Waals surface area contributed by atoms with Gasteiger partial charge in [0.25, 0.3) is 0 Å². The molecule has 1 aliphatic carbocycles. The maximum atomic E-state index is 2.00. The Morgan fingerprint density at radius 3 is 0.375 bits per heavy atom. The minimum absolute atomic E-state index is 0. The van der Waals surface area contributed by atoms with Crippen molar-refractivity contribution in [1.82, 2.24) is 0 Å². The second-order valence-electron chi connectivity index (χ2n) is 1.41. The topological polar surface area (TPSA) is 0 Å². The van der Waals surface area contributed by atoms with Gasteiger partial charge >= 0.3 is 0 Å². The van der Waals surface area contributed by atoms with Crippen molar-refractivity contribution < 1.29 is 0 Å². The van der Waals surface area contributed by atoms with Crippen LogP contribution in [0.25, 0.3) is 0 Å². The molecular weight excluding hydrogens is 192 g/mol. The predicted octanol–water partition coefficient (Wildman–Crippen LogP) is 7.96. The Kier molecular flexibility index (Phi) is 510. The maximum Gasteiger partial charge on any atom is -0.0533 e. The largest absolute Gasteiger partial charge is 0.0776 e. The van der Waals surface area contributed by atoms with Crippen molar-refractivity contribution in [3.63, 3.8) is 0 Å². The highest BCUT2D eigenvalue weighted by molar-refractivity contribution is 4.50. The summed E-state index contributed by atoms with van der Waals surface area (Å²) in [7, 11) is 0. The summed E-state index contributed by atoms with van der Waals surface area (Å²) in [5.74, 6) is 0. The first-order valence-electron chi connectivity index (χ1n) is 7.00. The molecule has 1 fully saturated rings. The molecule has 0 heterocycles. The van der Waals surface area contributed by atoms with Crippen LogP contribution in [-0.2, 0) is 0 Å². The summed E-state index contributed by atoms with van der Waals surface area (Å²) >= 11 is 0. The second kappa shape index (κ2) is 184. The molecule has 0 unspecified atom stereocenters. The normalized spacial score (nSPS) is 7.88. The van der Waals surface area contributed by atoms with Gasteiger partial charge < -0.3 is 0 Å². The van der Waals surface area contributed by atoms with Crippen LogP contribution < -0.4 is 0 Å². The first kappa shape index (κ1) is 44.4. The van der Waals surface area contributed by atoms with Crippen LogP contribution in [0.15, 0.2) is 0 Å². The van der Waals surface area contributed by atoms with Gasteiger partial charge in [-0.25, -0.2) is 0 Å². The van der Waals surface area contributed by atoms with Gasteiger partial charge in [0, 0.05) is 0 Å². The summed E-state index contributed by atoms with van der Waals surface area (Å²) in [6.07, 6.45) is 6.00. The van der Waals surface area contributed by atoms with Crippen LogP contribution in [0.2, 0.25) is 0 Å². The molecule has 0 bridgehead atoms. The minimum atomic E-state index is 0. The predicted molar refractivity (Wildman–Crippen MR) is 88.7 cm³/mol. The van der Waals surface area contributed by atoms with Crippen LogP contribution >= 0.6 is 0 Å². The molecule has 16 heavy (non-hydrogen) atoms. The molecule has 0 spiro atoms. The third kappa shape index (κ3) is 148. The van der Waals surface area contributed by atoms with E-state index in [1.165, 1.54) is 25.7 Å². The summed E-state index contributed by atoms with van der Waals surface area (Å²) in [4.78, 5) is 0. The van der Waals surface area contributed by atoms with Gasteiger partial charge in [0.2, 0.25) is 0 Å². The van der Waals surface area contributed by atoms with Crippen molar-refractivity contribution in [1.29, 1.82) is 0 Å². The molecule has 0 atom stereocenters. The smallest absolute Gasteiger partial charge is 0.0533 e. The van der Waals surface area contributed by atoms with Gasteiger partial charge in [0.15, 0.2) is 0 Å². The van der Waals surface area contributed by atoms with Gasteiger partial charge in [-0.05, 0) is 0 Å². The zero-order chi connectivity index (χ0) is 12.8. The standard InChI is InChI=1S/C4H8.5C2H6.2CH4/c1-2-4-3-1;5*1-2;;/h1-4H2;5*1-2H3;2*1H4. The molecule has 0 N–H and O–H groups in total. The van der Waals surface area contributed by atoms with E-state index in [1.54, 1.807) is 0 Å². The van der Waals surface area contributed by atoms with E-state index in [2.05, 4.69) is 0 Å². The molecule has 0 aromatic carbocycles. The molecule has 0 amide bonds. The Hall–Kier alpha value is 0. The first-order chi connectivity index (χ1) is 7.00. The van der Waals surface area contributed by atoms with Crippen molar-refractivity contribution in [3.05, 3.63) is 0 Å². The van der Waals surface area contributed by atoms with Gasteiger partial charge in [-0.2, -0.15) is 0 Å². The molecule has 0 saturated heterocycles. The summed E-state index contributed by atoms with van der Waals surface area (Å²) in [6.45, 7) is 20.0. The fourth-order valence-corrected chi connectivity index (χ4v) is 0.250. The van der Waals surface area contributed by atoms with Crippen LogP contribution in [-0.4, -0.2) is 0 Å². The fraction of sp³-hybridized carbons (Fsp3) is 1.00. The number of hydrogen-bond donors (Lipinski definition) is 0. The maximum absolute atomic E-state index is 2.00. The van der Waals surface area contributed by atoms with E-state index in [1.807, 2.05) is 69.2 Å². The third-order valence-corrected chi connectivity index (χ3v) is 1.000. The third-order valence-electron chi connectivity index (χ3n) is 1.000. The lowest BCUT2D eigenvalue weighted by Crippen LogP contribution is -1.85. The van der Waals surface area contributed by atoms with Crippen LogP contribution in [0.4, 0.5) is 0 Å². The Balaban J connectivity index is -0.0000000124. The lowest BCUT2D eigenvalue weighted by Gasteiger charge is -2.05. The van der Waals surface area contributed by atoms with Crippen molar-refractivity contribution in [3.8, 4) is 0 Å². The lowest BCUT2D eigenvalue weighted by atomic mass is 10.0.